The van der Waals surface area contributed by atoms with Crippen LogP contribution < -0.4 is 5.32 Å². The van der Waals surface area contributed by atoms with Gasteiger partial charge in [0.15, 0.2) is 9.84 Å². The van der Waals surface area contributed by atoms with Gasteiger partial charge in [-0.05, 0) is 25.7 Å². The maximum Gasteiger partial charge on any atom is 0.238 e. The van der Waals surface area contributed by atoms with Gasteiger partial charge in [0.1, 0.15) is 5.25 Å². The van der Waals surface area contributed by atoms with Crippen LogP contribution in [0, 0.1) is 0 Å². The van der Waals surface area contributed by atoms with Gasteiger partial charge in [-0.1, -0.05) is 25.7 Å². The van der Waals surface area contributed by atoms with Gasteiger partial charge in [-0.3, -0.25) is 4.79 Å². The third kappa shape index (κ3) is 3.21. The molecule has 0 spiro atoms. The molecule has 2 aliphatic rings. The number of nitrogens with one attached hydrogen (secondary N) is 1. The highest BCUT2D eigenvalue weighted by atomic mass is 32.2. The second kappa shape index (κ2) is 5.38. The molecule has 0 bridgehead atoms. The third-order valence-electron chi connectivity index (χ3n) is 3.82. The molecule has 0 aromatic heterocycles. The van der Waals surface area contributed by atoms with Gasteiger partial charge in [0, 0.05) is 6.04 Å². The van der Waals surface area contributed by atoms with Gasteiger partial charge < -0.3 is 5.32 Å². The predicted molar refractivity (Wildman–Crippen MR) is 66.4 cm³/mol. The maximum atomic E-state index is 12.0. The van der Waals surface area contributed by atoms with Crippen molar-refractivity contribution in [3.8, 4) is 0 Å². The molecule has 1 heterocycles. The summed E-state index contributed by atoms with van der Waals surface area (Å²) in [5.41, 5.74) is 0. The van der Waals surface area contributed by atoms with E-state index in [0.717, 1.165) is 32.1 Å². The molecule has 1 unspecified atom stereocenters. The van der Waals surface area contributed by atoms with Crippen molar-refractivity contribution in [1.82, 2.24) is 5.32 Å². The summed E-state index contributed by atoms with van der Waals surface area (Å²) < 4.78 is 23.6. The lowest BCUT2D eigenvalue weighted by Gasteiger charge is -2.27. The minimum absolute atomic E-state index is 0.176. The smallest absolute Gasteiger partial charge is 0.238 e. The Morgan fingerprint density at radius 2 is 1.59 bits per heavy atom. The summed E-state index contributed by atoms with van der Waals surface area (Å²) >= 11 is 0. The van der Waals surface area contributed by atoms with Crippen molar-refractivity contribution in [3.63, 3.8) is 0 Å². The summed E-state index contributed by atoms with van der Waals surface area (Å²) in [6, 6.07) is 0.202. The molecule has 98 valence electrons. The molecule has 2 fully saturated rings. The van der Waals surface area contributed by atoms with E-state index < -0.39 is 15.1 Å². The normalized spacial score (nSPS) is 29.8. The highest BCUT2D eigenvalue weighted by molar-refractivity contribution is 7.92. The molecular weight excluding hydrogens is 238 g/mol. The van der Waals surface area contributed by atoms with Crippen molar-refractivity contribution in [2.75, 3.05) is 5.75 Å². The standard InChI is InChI=1S/C12H21NO3S/c14-12(13-10-6-2-1-3-7-10)11-8-4-5-9-17(11,15)16/h10-11H,1-9H2,(H,13,14). The lowest BCUT2D eigenvalue weighted by Crippen LogP contribution is -2.47. The van der Waals surface area contributed by atoms with Crippen LogP contribution in [-0.4, -0.2) is 31.4 Å². The van der Waals surface area contributed by atoms with Crippen LogP contribution in [0.3, 0.4) is 0 Å². The van der Waals surface area contributed by atoms with Crippen molar-refractivity contribution in [3.05, 3.63) is 0 Å². The summed E-state index contributed by atoms with van der Waals surface area (Å²) in [6.45, 7) is 0. The Morgan fingerprint density at radius 1 is 0.941 bits per heavy atom. The molecular formula is C12H21NO3S. The van der Waals surface area contributed by atoms with Crippen molar-refractivity contribution in [2.24, 2.45) is 0 Å². The Bertz CT molecular complexity index is 371. The van der Waals surface area contributed by atoms with Crippen LogP contribution in [0.1, 0.15) is 51.4 Å². The monoisotopic (exact) mass is 259 g/mol. The van der Waals surface area contributed by atoms with E-state index in [1.807, 2.05) is 0 Å². The maximum absolute atomic E-state index is 12.0. The lowest BCUT2D eigenvalue weighted by molar-refractivity contribution is -0.121. The quantitative estimate of drug-likeness (QED) is 0.815. The summed E-state index contributed by atoms with van der Waals surface area (Å²) in [5, 5.41) is 2.15. The highest BCUT2D eigenvalue weighted by Gasteiger charge is 2.35. The number of carbonyl (C=O) groups excluding carboxylic acids is 1. The molecule has 1 aliphatic heterocycles. The van der Waals surface area contributed by atoms with E-state index in [-0.39, 0.29) is 17.7 Å². The van der Waals surface area contributed by atoms with Crippen LogP contribution in [0.2, 0.25) is 0 Å². The number of sulfone groups is 1. The Morgan fingerprint density at radius 3 is 2.24 bits per heavy atom. The van der Waals surface area contributed by atoms with Crippen molar-refractivity contribution >= 4 is 15.7 Å². The van der Waals surface area contributed by atoms with Gasteiger partial charge >= 0.3 is 0 Å². The predicted octanol–water partition coefficient (Wildman–Crippen LogP) is 1.40. The largest absolute Gasteiger partial charge is 0.352 e. The highest BCUT2D eigenvalue weighted by Crippen LogP contribution is 2.22. The zero-order valence-corrected chi connectivity index (χ0v) is 11.0. The fraction of sp³-hybridized carbons (Fsp3) is 0.917. The van der Waals surface area contributed by atoms with E-state index in [1.165, 1.54) is 6.42 Å². The minimum Gasteiger partial charge on any atom is -0.352 e. The zero-order valence-electron chi connectivity index (χ0n) is 10.2. The van der Waals surface area contributed by atoms with Crippen molar-refractivity contribution < 1.29 is 13.2 Å². The number of amides is 1. The van der Waals surface area contributed by atoms with Crippen LogP contribution in [0.15, 0.2) is 0 Å². The van der Waals surface area contributed by atoms with Crippen molar-refractivity contribution in [2.45, 2.75) is 62.7 Å². The average molecular weight is 259 g/mol. The van der Waals surface area contributed by atoms with Crippen LogP contribution in [-0.2, 0) is 14.6 Å². The van der Waals surface area contributed by atoms with Gasteiger partial charge in [0.2, 0.25) is 5.91 Å². The van der Waals surface area contributed by atoms with Gasteiger partial charge in [0.25, 0.3) is 0 Å². The SMILES string of the molecule is O=C(NC1CCCCC1)C1CCCCS1(=O)=O. The molecule has 1 N–H and O–H groups in total. The Balaban J connectivity index is 1.94. The molecule has 0 aromatic rings. The van der Waals surface area contributed by atoms with Crippen LogP contribution in [0.25, 0.3) is 0 Å². The molecule has 1 aliphatic carbocycles. The first-order chi connectivity index (χ1) is 8.09. The van der Waals surface area contributed by atoms with E-state index in [9.17, 15) is 13.2 Å². The molecule has 2 rings (SSSR count). The van der Waals surface area contributed by atoms with E-state index >= 15 is 0 Å². The minimum atomic E-state index is -3.19. The van der Waals surface area contributed by atoms with Gasteiger partial charge in [-0.25, -0.2) is 8.42 Å². The van der Waals surface area contributed by atoms with E-state index in [2.05, 4.69) is 5.32 Å². The molecule has 4 nitrogen and oxygen atoms in total. The first kappa shape index (κ1) is 12.9. The van der Waals surface area contributed by atoms with Crippen molar-refractivity contribution in [1.29, 1.82) is 0 Å². The van der Waals surface area contributed by atoms with Crippen LogP contribution in [0.5, 0.6) is 0 Å². The number of rotatable bonds is 2. The van der Waals surface area contributed by atoms with Gasteiger partial charge in [0.05, 0.1) is 5.75 Å². The number of carbonyl (C=O) groups is 1. The number of hydrogen-bond donors (Lipinski definition) is 1. The zero-order chi connectivity index (χ0) is 12.3. The molecule has 1 atom stereocenters. The molecule has 1 saturated carbocycles. The van der Waals surface area contributed by atoms with E-state index in [1.54, 1.807) is 0 Å². The third-order valence-corrected chi connectivity index (χ3v) is 6.00. The second-order valence-corrected chi connectivity index (χ2v) is 7.50. The second-order valence-electron chi connectivity index (χ2n) is 5.19. The summed E-state index contributed by atoms with van der Waals surface area (Å²) in [5.74, 6) is -0.0768. The number of hydrogen-bond acceptors (Lipinski definition) is 3. The summed E-state index contributed by atoms with van der Waals surface area (Å²) in [4.78, 5) is 12.0. The molecule has 0 radical (unpaired) electrons. The fourth-order valence-electron chi connectivity index (χ4n) is 2.79. The van der Waals surface area contributed by atoms with Crippen LogP contribution in [0.4, 0.5) is 0 Å². The Kier molecular flexibility index (Phi) is 4.07. The Hall–Kier alpha value is -0.580. The van der Waals surface area contributed by atoms with Gasteiger partial charge in [-0.2, -0.15) is 0 Å². The fourth-order valence-corrected chi connectivity index (χ4v) is 4.60. The first-order valence-corrected chi connectivity index (χ1v) is 8.33. The first-order valence-electron chi connectivity index (χ1n) is 6.61. The molecule has 1 saturated heterocycles. The lowest BCUT2D eigenvalue weighted by atomic mass is 9.95. The van der Waals surface area contributed by atoms with E-state index in [0.29, 0.717) is 12.8 Å². The van der Waals surface area contributed by atoms with E-state index in [4.69, 9.17) is 0 Å². The van der Waals surface area contributed by atoms with Gasteiger partial charge in [-0.15, -0.1) is 0 Å². The molecule has 1 amide bonds. The topological polar surface area (TPSA) is 63.2 Å². The average Bonchev–Trinajstić information content (AvgIpc) is 2.29. The molecule has 17 heavy (non-hydrogen) atoms. The summed E-state index contributed by atoms with van der Waals surface area (Å²) in [6.07, 6.45) is 7.56. The Labute approximate surface area is 103 Å². The molecule has 5 heteroatoms. The molecule has 0 aromatic carbocycles. The summed E-state index contributed by atoms with van der Waals surface area (Å²) in [7, 11) is -3.19. The van der Waals surface area contributed by atoms with Crippen LogP contribution >= 0.6 is 0 Å².